The van der Waals surface area contributed by atoms with Gasteiger partial charge in [-0.1, -0.05) is 259 Å². The summed E-state index contributed by atoms with van der Waals surface area (Å²) in [5.41, 5.74) is 0. The molecule has 1 amide bonds. The average Bonchev–Trinajstić information content (AvgIpc) is 3.42. The first-order valence-corrected chi connectivity index (χ1v) is 30.6. The van der Waals surface area contributed by atoms with Gasteiger partial charge in [-0.2, -0.15) is 0 Å². The highest BCUT2D eigenvalue weighted by molar-refractivity contribution is 5.80. The molecule has 6 N–H and O–H groups in total. The van der Waals surface area contributed by atoms with Crippen molar-refractivity contribution in [1.82, 2.24) is 5.32 Å². The molecular weight excluding hydrogens is 955 g/mol. The Balaban J connectivity index is 2.72. The maximum absolute atomic E-state index is 13.4. The van der Waals surface area contributed by atoms with E-state index in [1.54, 1.807) is 6.08 Å². The van der Waals surface area contributed by atoms with Gasteiger partial charge >= 0.3 is 5.97 Å². The van der Waals surface area contributed by atoms with Gasteiger partial charge in [-0.3, -0.25) is 9.59 Å². The number of ether oxygens (including phenoxy) is 3. The minimum absolute atomic E-state index is 0.111. The van der Waals surface area contributed by atoms with Crippen LogP contribution in [0.2, 0.25) is 0 Å². The average molecular weight is 1070 g/mol. The number of aliphatic hydroxyl groups is 5. The molecule has 0 aromatic carbocycles. The minimum Gasteiger partial charge on any atom is -0.454 e. The smallest absolute Gasteiger partial charge is 0.306 e. The molecule has 0 spiro atoms. The summed E-state index contributed by atoms with van der Waals surface area (Å²) in [6.07, 6.45) is 58.7. The number of aliphatic hydroxyl groups excluding tert-OH is 5. The topological polar surface area (TPSA) is 175 Å². The first-order chi connectivity index (χ1) is 37.2. The normalized spacial score (nSPS) is 19.8. The second kappa shape index (κ2) is 52.3. The molecule has 0 saturated carbocycles. The molecule has 436 valence electrons. The van der Waals surface area contributed by atoms with Gasteiger partial charge in [0.2, 0.25) is 5.91 Å². The van der Waals surface area contributed by atoms with Gasteiger partial charge in [-0.15, -0.1) is 0 Å². The highest BCUT2D eigenvalue weighted by Gasteiger charge is 2.47. The molecule has 0 aromatic heterocycles. The van der Waals surface area contributed by atoms with E-state index in [1.807, 2.05) is 72.9 Å². The lowest BCUT2D eigenvalue weighted by atomic mass is 9.99. The highest BCUT2D eigenvalue weighted by Crippen LogP contribution is 2.26. The summed E-state index contributed by atoms with van der Waals surface area (Å²) in [5.74, 6) is -1.25. The standard InChI is InChI=1S/C65H111NO10/c1-4-7-10-13-16-19-22-25-27-29-30-31-33-35-38-41-44-47-50-53-60(70)76-63-62(72)61(71)59(54-67)75-65(63)74-55-56(57(68)51-48-45-42-39-36-24-21-18-15-12-9-6-3)66-64(73)58(69)52-49-46-43-40-37-34-32-28-26-23-20-17-14-11-8-5-2/h8,11,14,17,20,23,25-28,32,34,37,40,48,51,56-59,61-63,65,67-69,71-72H,4-7,9-10,12-13,15-16,18-19,21-22,24,29-31,33,35-36,38-39,41-47,49-50,52-55H2,1-3H3,(H,66,73)/b11-8-,17-14+,23-20+,27-25+,28-26-,34-32+,40-37+,51-48+. The molecule has 0 bridgehead atoms. The fourth-order valence-electron chi connectivity index (χ4n) is 9.03. The summed E-state index contributed by atoms with van der Waals surface area (Å²) in [6, 6.07) is -1.05. The third-order valence-corrected chi connectivity index (χ3v) is 13.9. The number of esters is 1. The van der Waals surface area contributed by atoms with Crippen molar-refractivity contribution in [1.29, 1.82) is 0 Å². The third kappa shape index (κ3) is 39.9. The number of amides is 1. The zero-order valence-electron chi connectivity index (χ0n) is 48.1. The summed E-state index contributed by atoms with van der Waals surface area (Å²) >= 11 is 0. The Labute approximate surface area is 463 Å². The first kappa shape index (κ1) is 70.6. The van der Waals surface area contributed by atoms with Gasteiger partial charge in [0.15, 0.2) is 12.4 Å². The number of nitrogens with one attached hydrogen (secondary N) is 1. The van der Waals surface area contributed by atoms with Gasteiger partial charge in [0, 0.05) is 6.42 Å². The molecule has 1 heterocycles. The van der Waals surface area contributed by atoms with Crippen LogP contribution in [0.5, 0.6) is 0 Å². The molecule has 1 rings (SSSR count). The van der Waals surface area contributed by atoms with Gasteiger partial charge in [-0.05, 0) is 70.6 Å². The van der Waals surface area contributed by atoms with Gasteiger partial charge in [0.05, 0.1) is 25.4 Å². The van der Waals surface area contributed by atoms with Crippen LogP contribution in [0, 0.1) is 0 Å². The van der Waals surface area contributed by atoms with Crippen LogP contribution in [-0.2, 0) is 23.8 Å². The Morgan fingerprint density at radius 1 is 0.526 bits per heavy atom. The predicted molar refractivity (Wildman–Crippen MR) is 315 cm³/mol. The van der Waals surface area contributed by atoms with Crippen molar-refractivity contribution in [3.05, 3.63) is 97.2 Å². The molecule has 8 atom stereocenters. The van der Waals surface area contributed by atoms with Crippen LogP contribution < -0.4 is 5.32 Å². The van der Waals surface area contributed by atoms with Gasteiger partial charge in [-0.25, -0.2) is 0 Å². The lowest BCUT2D eigenvalue weighted by Crippen LogP contribution is -2.61. The van der Waals surface area contributed by atoms with Crippen LogP contribution in [0.25, 0.3) is 0 Å². The molecule has 76 heavy (non-hydrogen) atoms. The summed E-state index contributed by atoms with van der Waals surface area (Å²) in [6.45, 7) is 5.60. The van der Waals surface area contributed by atoms with E-state index < -0.39 is 67.4 Å². The van der Waals surface area contributed by atoms with Gasteiger partial charge < -0.3 is 45.1 Å². The van der Waals surface area contributed by atoms with Crippen molar-refractivity contribution >= 4 is 11.9 Å². The van der Waals surface area contributed by atoms with E-state index in [1.165, 1.54) is 128 Å². The molecule has 0 radical (unpaired) electrons. The summed E-state index contributed by atoms with van der Waals surface area (Å²) < 4.78 is 17.6. The van der Waals surface area contributed by atoms with Crippen molar-refractivity contribution in [2.45, 2.75) is 288 Å². The first-order valence-electron chi connectivity index (χ1n) is 30.6. The van der Waals surface area contributed by atoms with E-state index in [2.05, 4.69) is 44.3 Å². The van der Waals surface area contributed by atoms with Crippen LogP contribution >= 0.6 is 0 Å². The van der Waals surface area contributed by atoms with Crippen molar-refractivity contribution in [2.24, 2.45) is 0 Å². The number of rotatable bonds is 50. The number of carbonyl (C=O) groups excluding carboxylic acids is 2. The fourth-order valence-corrected chi connectivity index (χ4v) is 9.03. The van der Waals surface area contributed by atoms with Crippen LogP contribution in [0.3, 0.4) is 0 Å². The Kier molecular flexibility index (Phi) is 48.6. The molecule has 0 aromatic rings. The Hall–Kier alpha value is -3.42. The fraction of sp³-hybridized carbons (Fsp3) is 0.723. The van der Waals surface area contributed by atoms with E-state index in [9.17, 15) is 35.1 Å². The second-order valence-corrected chi connectivity index (χ2v) is 20.9. The highest BCUT2D eigenvalue weighted by atomic mass is 16.7. The number of carbonyl (C=O) groups is 2. The van der Waals surface area contributed by atoms with Crippen molar-refractivity contribution in [3.8, 4) is 0 Å². The van der Waals surface area contributed by atoms with Crippen molar-refractivity contribution < 1.29 is 49.3 Å². The van der Waals surface area contributed by atoms with E-state index in [-0.39, 0.29) is 19.4 Å². The van der Waals surface area contributed by atoms with Crippen LogP contribution in [-0.4, -0.2) is 99.6 Å². The van der Waals surface area contributed by atoms with E-state index in [0.717, 1.165) is 64.2 Å². The molecule has 0 aliphatic carbocycles. The number of hydrogen-bond donors (Lipinski definition) is 6. The monoisotopic (exact) mass is 1070 g/mol. The summed E-state index contributed by atoms with van der Waals surface area (Å²) in [5, 5.41) is 56.9. The van der Waals surface area contributed by atoms with Crippen molar-refractivity contribution in [2.75, 3.05) is 13.2 Å². The maximum Gasteiger partial charge on any atom is 0.306 e. The quantitative estimate of drug-likeness (QED) is 0.0149. The molecule has 11 nitrogen and oxygen atoms in total. The number of allylic oxidation sites excluding steroid dienone is 15. The molecule has 1 saturated heterocycles. The van der Waals surface area contributed by atoms with Crippen LogP contribution in [0.15, 0.2) is 97.2 Å². The molecule has 1 aliphatic rings. The molecule has 8 unspecified atom stereocenters. The van der Waals surface area contributed by atoms with Gasteiger partial charge in [0.25, 0.3) is 0 Å². The lowest BCUT2D eigenvalue weighted by molar-refractivity contribution is -0.305. The third-order valence-electron chi connectivity index (χ3n) is 13.9. The lowest BCUT2D eigenvalue weighted by Gasteiger charge is -2.41. The van der Waals surface area contributed by atoms with E-state index in [0.29, 0.717) is 12.8 Å². The molecule has 1 fully saturated rings. The minimum atomic E-state index is -1.63. The molecule has 1 aliphatic heterocycles. The number of hydrogen-bond acceptors (Lipinski definition) is 10. The zero-order chi connectivity index (χ0) is 55.4. The van der Waals surface area contributed by atoms with Crippen LogP contribution in [0.1, 0.15) is 239 Å². The Bertz CT molecular complexity index is 1600. The molecule has 11 heteroatoms. The predicted octanol–water partition coefficient (Wildman–Crippen LogP) is 14.3. The SMILES string of the molecule is CC\C=C/C=C/C=C/C=C\C=C\C=C\CCCCC(O)C(=O)NC(COC1OC(CO)C(O)C(O)C1OC(=O)CCCCCCCCCCC/C=C/CCCCCCCC)C(O)/C=C/CCCCCCCCCCCC. The molecular formula is C65H111NO10. The van der Waals surface area contributed by atoms with E-state index in [4.69, 9.17) is 14.2 Å². The summed E-state index contributed by atoms with van der Waals surface area (Å²) in [4.78, 5) is 26.5. The maximum atomic E-state index is 13.4. The van der Waals surface area contributed by atoms with Gasteiger partial charge in [0.1, 0.15) is 24.4 Å². The number of unbranched alkanes of at least 4 members (excludes halogenated alkanes) is 27. The zero-order valence-corrected chi connectivity index (χ0v) is 48.1. The summed E-state index contributed by atoms with van der Waals surface area (Å²) in [7, 11) is 0. The second-order valence-electron chi connectivity index (χ2n) is 20.9. The Morgan fingerprint density at radius 2 is 0.961 bits per heavy atom. The largest absolute Gasteiger partial charge is 0.454 e. The Morgan fingerprint density at radius 3 is 1.46 bits per heavy atom. The van der Waals surface area contributed by atoms with E-state index >= 15 is 0 Å². The van der Waals surface area contributed by atoms with Crippen LogP contribution in [0.4, 0.5) is 0 Å². The van der Waals surface area contributed by atoms with Crippen molar-refractivity contribution in [3.63, 3.8) is 0 Å².